The molecule has 1 atom stereocenters. The van der Waals surface area contributed by atoms with Crippen LogP contribution < -0.4 is 5.56 Å². The van der Waals surface area contributed by atoms with E-state index in [4.69, 9.17) is 4.74 Å². The van der Waals surface area contributed by atoms with Gasteiger partial charge in [0.05, 0.1) is 23.6 Å². The quantitative estimate of drug-likeness (QED) is 0.627. The van der Waals surface area contributed by atoms with Crippen molar-refractivity contribution in [1.82, 2.24) is 9.55 Å². The zero-order chi connectivity index (χ0) is 14.7. The normalized spacial score (nSPS) is 13.1. The number of methoxy groups -OCH3 is 1. The number of thioether (sulfide) groups is 1. The van der Waals surface area contributed by atoms with Gasteiger partial charge in [-0.3, -0.25) is 9.36 Å². The van der Waals surface area contributed by atoms with Gasteiger partial charge in [0.15, 0.2) is 5.16 Å². The smallest absolute Gasteiger partial charge is 0.262 e. The minimum atomic E-state index is -0.0362. The fourth-order valence-corrected chi connectivity index (χ4v) is 3.07. The molecule has 0 bridgehead atoms. The molecule has 0 fully saturated rings. The first-order chi connectivity index (χ1) is 9.54. The molecule has 0 saturated heterocycles. The molecule has 0 N–H and O–H groups in total. The van der Waals surface area contributed by atoms with Gasteiger partial charge < -0.3 is 4.74 Å². The van der Waals surface area contributed by atoms with E-state index in [1.54, 1.807) is 23.4 Å². The second-order valence-corrected chi connectivity index (χ2v) is 6.60. The monoisotopic (exact) mass is 292 g/mol. The van der Waals surface area contributed by atoms with E-state index in [1.807, 2.05) is 31.2 Å². The van der Waals surface area contributed by atoms with Gasteiger partial charge in [-0.05, 0) is 19.1 Å². The summed E-state index contributed by atoms with van der Waals surface area (Å²) in [5, 5.41) is 1.78. The molecule has 1 aromatic carbocycles. The van der Waals surface area contributed by atoms with Gasteiger partial charge in [-0.1, -0.05) is 37.7 Å². The maximum absolute atomic E-state index is 12.7. The van der Waals surface area contributed by atoms with E-state index in [0.717, 1.165) is 10.7 Å². The molecular weight excluding hydrogens is 272 g/mol. The Bertz CT molecular complexity index is 652. The summed E-state index contributed by atoms with van der Waals surface area (Å²) in [6, 6.07) is 7.44. The molecule has 1 heterocycles. The van der Waals surface area contributed by atoms with Crippen LogP contribution in [-0.4, -0.2) is 28.5 Å². The van der Waals surface area contributed by atoms with E-state index in [2.05, 4.69) is 18.8 Å². The predicted molar refractivity (Wildman–Crippen MR) is 83.6 cm³/mol. The number of ether oxygens (including phenoxy) is 1. The Morgan fingerprint density at radius 3 is 2.65 bits per heavy atom. The number of para-hydroxylation sites is 1. The van der Waals surface area contributed by atoms with Gasteiger partial charge in [-0.15, -0.1) is 0 Å². The van der Waals surface area contributed by atoms with Crippen molar-refractivity contribution >= 4 is 22.7 Å². The first kappa shape index (κ1) is 15.1. The Morgan fingerprint density at radius 1 is 1.30 bits per heavy atom. The number of nitrogens with zero attached hydrogens (tertiary/aromatic N) is 2. The summed E-state index contributed by atoms with van der Waals surface area (Å²) in [6.07, 6.45) is 0. The van der Waals surface area contributed by atoms with Crippen LogP contribution in [0.4, 0.5) is 0 Å². The first-order valence-electron chi connectivity index (χ1n) is 6.71. The molecular formula is C15H20N2O2S. The van der Waals surface area contributed by atoms with Crippen LogP contribution in [0.2, 0.25) is 0 Å². The van der Waals surface area contributed by atoms with E-state index in [9.17, 15) is 4.79 Å². The first-order valence-corrected chi connectivity index (χ1v) is 7.59. The van der Waals surface area contributed by atoms with Crippen LogP contribution in [0, 0.1) is 0 Å². The molecule has 0 radical (unpaired) electrons. The minimum Gasteiger partial charge on any atom is -0.383 e. The molecule has 0 unspecified atom stereocenters. The molecule has 0 aliphatic rings. The predicted octanol–water partition coefficient (Wildman–Crippen LogP) is 3.10. The van der Waals surface area contributed by atoms with Crippen molar-refractivity contribution in [3.8, 4) is 0 Å². The molecule has 0 aliphatic carbocycles. The number of hydrogen-bond donors (Lipinski definition) is 0. The Labute approximate surface area is 123 Å². The maximum Gasteiger partial charge on any atom is 0.262 e. The lowest BCUT2D eigenvalue weighted by atomic mass is 10.2. The van der Waals surface area contributed by atoms with Gasteiger partial charge in [-0.25, -0.2) is 4.98 Å². The summed E-state index contributed by atoms with van der Waals surface area (Å²) in [7, 11) is 1.64. The highest BCUT2D eigenvalue weighted by molar-refractivity contribution is 7.99. The second-order valence-electron chi connectivity index (χ2n) is 5.06. The van der Waals surface area contributed by atoms with Gasteiger partial charge in [0.1, 0.15) is 0 Å². The van der Waals surface area contributed by atoms with E-state index >= 15 is 0 Å². The van der Waals surface area contributed by atoms with Gasteiger partial charge in [0, 0.05) is 12.4 Å². The lowest BCUT2D eigenvalue weighted by molar-refractivity contribution is 0.156. The number of fused-ring (bicyclic) bond motifs is 1. The van der Waals surface area contributed by atoms with E-state index < -0.39 is 0 Å². The van der Waals surface area contributed by atoms with E-state index in [-0.39, 0.29) is 11.6 Å². The zero-order valence-corrected chi connectivity index (χ0v) is 13.1. The molecule has 108 valence electrons. The number of hydrogen-bond acceptors (Lipinski definition) is 4. The summed E-state index contributed by atoms with van der Waals surface area (Å²) in [6.45, 7) is 6.66. The summed E-state index contributed by atoms with van der Waals surface area (Å²) < 4.78 is 6.93. The third kappa shape index (κ3) is 3.04. The van der Waals surface area contributed by atoms with Crippen LogP contribution in [0.25, 0.3) is 10.9 Å². The van der Waals surface area contributed by atoms with Crippen LogP contribution >= 0.6 is 11.8 Å². The molecule has 0 amide bonds. The van der Waals surface area contributed by atoms with Crippen LogP contribution in [-0.2, 0) is 4.74 Å². The third-order valence-corrected chi connectivity index (χ3v) is 3.94. The van der Waals surface area contributed by atoms with E-state index in [0.29, 0.717) is 17.2 Å². The molecule has 20 heavy (non-hydrogen) atoms. The van der Waals surface area contributed by atoms with Crippen molar-refractivity contribution in [3.63, 3.8) is 0 Å². The zero-order valence-electron chi connectivity index (χ0n) is 12.3. The topological polar surface area (TPSA) is 44.1 Å². The fourth-order valence-electron chi connectivity index (χ4n) is 2.12. The lowest BCUT2D eigenvalue weighted by Gasteiger charge is -2.19. The van der Waals surface area contributed by atoms with Gasteiger partial charge in [0.25, 0.3) is 5.56 Å². The summed E-state index contributed by atoms with van der Waals surface area (Å²) in [4.78, 5) is 17.4. The van der Waals surface area contributed by atoms with Crippen molar-refractivity contribution in [2.75, 3.05) is 13.7 Å². The molecule has 0 aliphatic heterocycles. The largest absolute Gasteiger partial charge is 0.383 e. The van der Waals surface area contributed by atoms with Crippen molar-refractivity contribution < 1.29 is 4.74 Å². The van der Waals surface area contributed by atoms with Crippen LogP contribution in [0.3, 0.4) is 0 Å². The van der Waals surface area contributed by atoms with Gasteiger partial charge in [-0.2, -0.15) is 0 Å². The van der Waals surface area contributed by atoms with Crippen molar-refractivity contribution in [1.29, 1.82) is 0 Å². The van der Waals surface area contributed by atoms with Crippen molar-refractivity contribution in [3.05, 3.63) is 34.6 Å². The molecule has 0 spiro atoms. The number of benzene rings is 1. The molecule has 2 aromatic rings. The van der Waals surface area contributed by atoms with Crippen LogP contribution in [0.15, 0.2) is 34.2 Å². The van der Waals surface area contributed by atoms with Crippen LogP contribution in [0.5, 0.6) is 0 Å². The Balaban J connectivity index is 2.66. The average molecular weight is 292 g/mol. The van der Waals surface area contributed by atoms with Crippen molar-refractivity contribution in [2.24, 2.45) is 0 Å². The van der Waals surface area contributed by atoms with Crippen LogP contribution in [0.1, 0.15) is 26.8 Å². The Kier molecular flexibility index (Phi) is 4.83. The molecule has 2 rings (SSSR count). The third-order valence-electron chi connectivity index (χ3n) is 2.97. The van der Waals surface area contributed by atoms with Gasteiger partial charge in [0.2, 0.25) is 0 Å². The average Bonchev–Trinajstić information content (AvgIpc) is 2.38. The molecule has 1 aromatic heterocycles. The molecule has 0 saturated carbocycles. The summed E-state index contributed by atoms with van der Waals surface area (Å²) >= 11 is 1.60. The standard InChI is InChI=1S/C15H20N2O2S/c1-10(2)20-15-16-13-8-6-5-7-12(13)14(18)17(15)11(3)9-19-4/h5-8,10-11H,9H2,1-4H3/t11-/m0/s1. The second kappa shape index (κ2) is 6.41. The number of aromatic nitrogens is 2. The maximum atomic E-state index is 12.7. The molecule has 4 nitrogen and oxygen atoms in total. The lowest BCUT2D eigenvalue weighted by Crippen LogP contribution is -2.28. The van der Waals surface area contributed by atoms with E-state index in [1.165, 1.54) is 0 Å². The number of rotatable bonds is 5. The summed E-state index contributed by atoms with van der Waals surface area (Å²) in [5.74, 6) is 0. The Hall–Kier alpha value is -1.33. The van der Waals surface area contributed by atoms with Crippen molar-refractivity contribution in [2.45, 2.75) is 37.2 Å². The highest BCUT2D eigenvalue weighted by atomic mass is 32.2. The minimum absolute atomic E-state index is 0.00306. The SMILES string of the molecule is COC[C@H](C)n1c(SC(C)C)nc2ccccc2c1=O. The molecule has 5 heteroatoms. The highest BCUT2D eigenvalue weighted by Crippen LogP contribution is 2.24. The highest BCUT2D eigenvalue weighted by Gasteiger charge is 2.17. The summed E-state index contributed by atoms with van der Waals surface area (Å²) in [5.41, 5.74) is 0.754. The fraction of sp³-hybridized carbons (Fsp3) is 0.467. The Morgan fingerprint density at radius 2 is 2.00 bits per heavy atom. The van der Waals surface area contributed by atoms with Gasteiger partial charge >= 0.3 is 0 Å².